The first-order valence-electron chi connectivity index (χ1n) is 10.9. The van der Waals surface area contributed by atoms with Gasteiger partial charge in [-0.25, -0.2) is 0 Å². The zero-order valence-electron chi connectivity index (χ0n) is 19.8. The highest BCUT2D eigenvalue weighted by molar-refractivity contribution is 4.90. The monoisotopic (exact) mass is 438 g/mol. The van der Waals surface area contributed by atoms with Crippen molar-refractivity contribution in [3.63, 3.8) is 0 Å². The molecule has 0 N–H and O–H groups in total. The first-order valence-corrected chi connectivity index (χ1v) is 10.9. The summed E-state index contributed by atoms with van der Waals surface area (Å²) in [6.45, 7) is 14.3. The third-order valence-electron chi connectivity index (χ3n) is 4.80. The molecule has 0 bridgehead atoms. The van der Waals surface area contributed by atoms with Gasteiger partial charge in [-0.05, 0) is 47.5 Å². The second-order valence-corrected chi connectivity index (χ2v) is 8.76. The third kappa shape index (κ3) is 10.3. The van der Waals surface area contributed by atoms with Crippen molar-refractivity contribution >= 4 is 0 Å². The van der Waals surface area contributed by atoms with Crippen LogP contribution < -0.4 is 0 Å². The molecule has 0 saturated heterocycles. The maximum absolute atomic E-state index is 6.13. The molecule has 0 fully saturated rings. The van der Waals surface area contributed by atoms with Crippen molar-refractivity contribution < 1.29 is 18.9 Å². The Kier molecular flexibility index (Phi) is 10.0. The van der Waals surface area contributed by atoms with Crippen LogP contribution in [0.15, 0.2) is 12.4 Å². The molecule has 2 aromatic rings. The zero-order chi connectivity index (χ0) is 22.7. The van der Waals surface area contributed by atoms with Crippen LogP contribution in [0.5, 0.6) is 0 Å². The van der Waals surface area contributed by atoms with Crippen LogP contribution in [0.3, 0.4) is 0 Å². The maximum Gasteiger partial charge on any atom is 0.108 e. The molecule has 0 saturated carbocycles. The Bertz CT molecular complexity index is 759. The fraction of sp³-hybridized carbons (Fsp3) is 0.810. The van der Waals surface area contributed by atoms with Gasteiger partial charge in [0.1, 0.15) is 11.4 Å². The van der Waals surface area contributed by atoms with Crippen molar-refractivity contribution in [2.24, 2.45) is 7.05 Å². The van der Waals surface area contributed by atoms with E-state index in [-0.39, 0.29) is 11.2 Å². The molecule has 0 atom stereocenters. The number of ether oxygens (including phenoxy) is 4. The second-order valence-electron chi connectivity index (χ2n) is 8.76. The standard InChI is InChI=1S/C21H38N6O4/c1-7-28-16-19-15-27(25-23-19)10-8-20(2,3)30-11-9-21(4,5)31-13-12-29-17-18-14-26(6)24-22-18/h14-15H,7-13,16-17H2,1-6H3. The van der Waals surface area contributed by atoms with Crippen molar-refractivity contribution in [1.29, 1.82) is 0 Å². The molecule has 0 spiro atoms. The summed E-state index contributed by atoms with van der Waals surface area (Å²) in [5, 5.41) is 16.1. The van der Waals surface area contributed by atoms with E-state index in [4.69, 9.17) is 18.9 Å². The second kappa shape index (κ2) is 12.2. The van der Waals surface area contributed by atoms with Crippen molar-refractivity contribution in [2.75, 3.05) is 26.4 Å². The zero-order valence-corrected chi connectivity index (χ0v) is 19.8. The van der Waals surface area contributed by atoms with Gasteiger partial charge < -0.3 is 18.9 Å². The number of hydrogen-bond donors (Lipinski definition) is 0. The Morgan fingerprint density at radius 2 is 1.45 bits per heavy atom. The molecule has 10 heteroatoms. The van der Waals surface area contributed by atoms with Crippen LogP contribution >= 0.6 is 0 Å². The van der Waals surface area contributed by atoms with Gasteiger partial charge in [0.25, 0.3) is 0 Å². The maximum atomic E-state index is 6.13. The number of aromatic nitrogens is 6. The molecule has 0 aliphatic carbocycles. The molecule has 10 nitrogen and oxygen atoms in total. The molecule has 2 heterocycles. The lowest BCUT2D eigenvalue weighted by molar-refractivity contribution is -0.0866. The lowest BCUT2D eigenvalue weighted by Crippen LogP contribution is -2.32. The van der Waals surface area contributed by atoms with Gasteiger partial charge >= 0.3 is 0 Å². The van der Waals surface area contributed by atoms with Crippen LogP contribution in [0.4, 0.5) is 0 Å². The molecule has 0 amide bonds. The molecule has 0 aliphatic rings. The molecule has 0 radical (unpaired) electrons. The minimum Gasteiger partial charge on any atom is -0.375 e. The third-order valence-corrected chi connectivity index (χ3v) is 4.80. The van der Waals surface area contributed by atoms with Gasteiger partial charge in [-0.3, -0.25) is 9.36 Å². The van der Waals surface area contributed by atoms with Gasteiger partial charge in [-0.2, -0.15) is 0 Å². The Hall–Kier alpha value is -1.88. The average Bonchev–Trinajstić information content (AvgIpc) is 3.33. The molecule has 0 unspecified atom stereocenters. The minimum absolute atomic E-state index is 0.262. The molecule has 31 heavy (non-hydrogen) atoms. The van der Waals surface area contributed by atoms with E-state index >= 15 is 0 Å². The summed E-state index contributed by atoms with van der Waals surface area (Å²) >= 11 is 0. The van der Waals surface area contributed by atoms with Crippen molar-refractivity contribution in [3.05, 3.63) is 23.8 Å². The van der Waals surface area contributed by atoms with Gasteiger partial charge in [0, 0.05) is 20.2 Å². The van der Waals surface area contributed by atoms with E-state index in [1.165, 1.54) is 0 Å². The normalized spacial score (nSPS) is 12.6. The predicted octanol–water partition coefficient (Wildman–Crippen LogP) is 2.53. The van der Waals surface area contributed by atoms with E-state index in [1.807, 2.05) is 31.0 Å². The van der Waals surface area contributed by atoms with E-state index in [9.17, 15) is 0 Å². The first kappa shape index (κ1) is 25.4. The van der Waals surface area contributed by atoms with Crippen LogP contribution in [0.1, 0.15) is 58.8 Å². The highest BCUT2D eigenvalue weighted by Gasteiger charge is 2.23. The Balaban J connectivity index is 1.59. The highest BCUT2D eigenvalue weighted by atomic mass is 16.5. The molecule has 2 aromatic heterocycles. The van der Waals surface area contributed by atoms with Gasteiger partial charge in [0.15, 0.2) is 0 Å². The summed E-state index contributed by atoms with van der Waals surface area (Å²) in [6.07, 6.45) is 5.39. The van der Waals surface area contributed by atoms with Crippen LogP contribution in [0.2, 0.25) is 0 Å². The Morgan fingerprint density at radius 1 is 0.806 bits per heavy atom. The topological polar surface area (TPSA) is 98.3 Å². The van der Waals surface area contributed by atoms with Crippen LogP contribution in [0, 0.1) is 0 Å². The molecule has 176 valence electrons. The quantitative estimate of drug-likeness (QED) is 0.369. The van der Waals surface area contributed by atoms with Crippen LogP contribution in [0.25, 0.3) is 0 Å². The first-order chi connectivity index (χ1) is 14.7. The Labute approximate surface area is 185 Å². The van der Waals surface area contributed by atoms with E-state index in [0.717, 1.165) is 30.8 Å². The summed E-state index contributed by atoms with van der Waals surface area (Å²) in [7, 11) is 1.83. The smallest absolute Gasteiger partial charge is 0.108 e. The molecule has 0 aromatic carbocycles. The predicted molar refractivity (Wildman–Crippen MR) is 115 cm³/mol. The van der Waals surface area contributed by atoms with Gasteiger partial charge in [-0.15, -0.1) is 10.2 Å². The average molecular weight is 439 g/mol. The van der Waals surface area contributed by atoms with Crippen molar-refractivity contribution in [2.45, 2.75) is 78.4 Å². The highest BCUT2D eigenvalue weighted by Crippen LogP contribution is 2.20. The summed E-state index contributed by atoms with van der Waals surface area (Å²) in [5.41, 5.74) is 1.11. The van der Waals surface area contributed by atoms with E-state index in [1.54, 1.807) is 4.68 Å². The number of hydrogen-bond acceptors (Lipinski definition) is 8. The molecular formula is C21H38N6O4. The van der Waals surface area contributed by atoms with Crippen LogP contribution in [-0.4, -0.2) is 67.6 Å². The largest absolute Gasteiger partial charge is 0.375 e. The van der Waals surface area contributed by atoms with E-state index in [2.05, 4.69) is 48.3 Å². The van der Waals surface area contributed by atoms with Crippen molar-refractivity contribution in [3.8, 4) is 0 Å². The van der Waals surface area contributed by atoms with E-state index in [0.29, 0.717) is 39.6 Å². The fourth-order valence-electron chi connectivity index (χ4n) is 2.84. The van der Waals surface area contributed by atoms with Crippen LogP contribution in [-0.2, 0) is 45.8 Å². The molecule has 0 aliphatic heterocycles. The number of nitrogens with zero attached hydrogens (tertiary/aromatic N) is 6. The minimum atomic E-state index is -0.286. The van der Waals surface area contributed by atoms with E-state index < -0.39 is 0 Å². The summed E-state index contributed by atoms with van der Waals surface area (Å²) < 4.78 is 26.6. The fourth-order valence-corrected chi connectivity index (χ4v) is 2.84. The SMILES string of the molecule is CCOCc1cn(CCC(C)(C)OCCC(C)(C)OCCOCc2cn(C)nn2)nn1. The molecule has 2 rings (SSSR count). The number of aryl methyl sites for hydroxylation is 2. The summed E-state index contributed by atoms with van der Waals surface area (Å²) in [4.78, 5) is 0. The van der Waals surface area contributed by atoms with Gasteiger partial charge in [0.2, 0.25) is 0 Å². The Morgan fingerprint density at radius 3 is 2.16 bits per heavy atom. The van der Waals surface area contributed by atoms with Gasteiger partial charge in [-0.1, -0.05) is 10.4 Å². The van der Waals surface area contributed by atoms with Crippen molar-refractivity contribution in [1.82, 2.24) is 30.0 Å². The molecular weight excluding hydrogens is 400 g/mol. The number of rotatable bonds is 16. The van der Waals surface area contributed by atoms with Gasteiger partial charge in [0.05, 0.1) is 56.6 Å². The summed E-state index contributed by atoms with van der Waals surface area (Å²) in [5.74, 6) is 0. The lowest BCUT2D eigenvalue weighted by Gasteiger charge is -2.29. The summed E-state index contributed by atoms with van der Waals surface area (Å²) in [6, 6.07) is 0. The lowest BCUT2D eigenvalue weighted by atomic mass is 10.0.